The average molecular weight is 299 g/mol. The lowest BCUT2D eigenvalue weighted by atomic mass is 10.2. The Balaban J connectivity index is 2.35. The molecule has 0 spiro atoms. The molecule has 108 valence electrons. The highest BCUT2D eigenvalue weighted by Crippen LogP contribution is 2.32. The zero-order valence-corrected chi connectivity index (χ0v) is 12.2. The molecular formula is C13H15ClN2O4. The van der Waals surface area contributed by atoms with Gasteiger partial charge in [0.25, 0.3) is 5.89 Å². The van der Waals surface area contributed by atoms with Crippen LogP contribution in [0.25, 0.3) is 11.5 Å². The van der Waals surface area contributed by atoms with Crippen molar-refractivity contribution in [1.29, 1.82) is 0 Å². The SMILES string of the molecule is COCC(OC)c1noc(-c2cc(Cl)ccc2OC)n1. The van der Waals surface area contributed by atoms with E-state index in [1.165, 1.54) is 0 Å². The summed E-state index contributed by atoms with van der Waals surface area (Å²) < 4.78 is 20.8. The summed E-state index contributed by atoms with van der Waals surface area (Å²) >= 11 is 5.98. The van der Waals surface area contributed by atoms with Crippen LogP contribution in [0.4, 0.5) is 0 Å². The Hall–Kier alpha value is -1.63. The molecule has 1 aromatic heterocycles. The first kappa shape index (κ1) is 14.8. The quantitative estimate of drug-likeness (QED) is 0.817. The van der Waals surface area contributed by atoms with Gasteiger partial charge in [0.2, 0.25) is 5.82 Å². The third-order valence-corrected chi connectivity index (χ3v) is 2.96. The molecule has 0 N–H and O–H groups in total. The second kappa shape index (κ2) is 6.69. The molecule has 0 radical (unpaired) electrons. The van der Waals surface area contributed by atoms with Gasteiger partial charge < -0.3 is 18.7 Å². The van der Waals surface area contributed by atoms with Crippen LogP contribution in [0.3, 0.4) is 0 Å². The summed E-state index contributed by atoms with van der Waals surface area (Å²) in [6.45, 7) is 0.335. The Kier molecular flexibility index (Phi) is 4.94. The third-order valence-electron chi connectivity index (χ3n) is 2.72. The van der Waals surface area contributed by atoms with Crippen LogP contribution in [0.5, 0.6) is 5.75 Å². The molecule has 1 unspecified atom stereocenters. The van der Waals surface area contributed by atoms with Crippen LogP contribution in [0.15, 0.2) is 22.7 Å². The lowest BCUT2D eigenvalue weighted by Gasteiger charge is -2.08. The first-order chi connectivity index (χ1) is 9.69. The van der Waals surface area contributed by atoms with Crippen molar-refractivity contribution in [3.63, 3.8) is 0 Å². The number of nitrogens with zero attached hydrogens (tertiary/aromatic N) is 2. The lowest BCUT2D eigenvalue weighted by Crippen LogP contribution is -2.10. The van der Waals surface area contributed by atoms with E-state index in [1.54, 1.807) is 39.5 Å². The predicted octanol–water partition coefficient (Wildman–Crippen LogP) is 2.73. The van der Waals surface area contributed by atoms with Crippen molar-refractivity contribution in [3.8, 4) is 17.2 Å². The first-order valence-electron chi connectivity index (χ1n) is 5.88. The maximum Gasteiger partial charge on any atom is 0.261 e. The number of benzene rings is 1. The standard InChI is InChI=1S/C13H15ClN2O4/c1-17-7-11(19-3)12-15-13(20-16-12)9-6-8(14)4-5-10(9)18-2/h4-6,11H,7H2,1-3H3. The first-order valence-corrected chi connectivity index (χ1v) is 6.26. The normalized spacial score (nSPS) is 12.4. The fraction of sp³-hybridized carbons (Fsp3) is 0.385. The maximum absolute atomic E-state index is 5.98. The summed E-state index contributed by atoms with van der Waals surface area (Å²) in [4.78, 5) is 4.30. The molecular weight excluding hydrogens is 284 g/mol. The van der Waals surface area contributed by atoms with Gasteiger partial charge in [-0.2, -0.15) is 4.98 Å². The number of hydrogen-bond acceptors (Lipinski definition) is 6. The zero-order chi connectivity index (χ0) is 14.5. The third kappa shape index (κ3) is 3.09. The van der Waals surface area contributed by atoms with Crippen LogP contribution in [-0.4, -0.2) is 38.1 Å². The monoisotopic (exact) mass is 298 g/mol. The van der Waals surface area contributed by atoms with E-state index in [9.17, 15) is 0 Å². The van der Waals surface area contributed by atoms with Crippen molar-refractivity contribution in [2.75, 3.05) is 27.9 Å². The summed E-state index contributed by atoms with van der Waals surface area (Å²) in [6.07, 6.45) is -0.386. The summed E-state index contributed by atoms with van der Waals surface area (Å²) in [6, 6.07) is 5.17. The highest BCUT2D eigenvalue weighted by Gasteiger charge is 2.20. The Morgan fingerprint density at radius 1 is 1.30 bits per heavy atom. The van der Waals surface area contributed by atoms with Gasteiger partial charge in [-0.05, 0) is 18.2 Å². The van der Waals surface area contributed by atoms with Crippen LogP contribution in [0.1, 0.15) is 11.9 Å². The fourth-order valence-electron chi connectivity index (χ4n) is 1.72. The molecule has 0 fully saturated rings. The van der Waals surface area contributed by atoms with Crippen LogP contribution in [0, 0.1) is 0 Å². The molecule has 7 heteroatoms. The molecule has 0 aliphatic rings. The largest absolute Gasteiger partial charge is 0.496 e. The second-order valence-corrected chi connectivity index (χ2v) is 4.42. The van der Waals surface area contributed by atoms with Crippen LogP contribution < -0.4 is 4.74 Å². The number of rotatable bonds is 6. The van der Waals surface area contributed by atoms with Crippen LogP contribution in [0.2, 0.25) is 5.02 Å². The van der Waals surface area contributed by atoms with Gasteiger partial charge in [0, 0.05) is 19.2 Å². The molecule has 6 nitrogen and oxygen atoms in total. The van der Waals surface area contributed by atoms with Gasteiger partial charge in [-0.3, -0.25) is 0 Å². The zero-order valence-electron chi connectivity index (χ0n) is 11.4. The maximum atomic E-state index is 5.98. The second-order valence-electron chi connectivity index (χ2n) is 3.98. The van der Waals surface area contributed by atoms with E-state index < -0.39 is 0 Å². The summed E-state index contributed by atoms with van der Waals surface area (Å²) in [5, 5.41) is 4.45. The summed E-state index contributed by atoms with van der Waals surface area (Å²) in [5.74, 6) is 1.33. The summed E-state index contributed by atoms with van der Waals surface area (Å²) in [7, 11) is 4.69. The van der Waals surface area contributed by atoms with Crippen molar-refractivity contribution in [3.05, 3.63) is 29.0 Å². The predicted molar refractivity (Wildman–Crippen MR) is 72.9 cm³/mol. The lowest BCUT2D eigenvalue weighted by molar-refractivity contribution is 0.0209. The molecule has 0 aliphatic heterocycles. The van der Waals surface area contributed by atoms with Crippen molar-refractivity contribution >= 4 is 11.6 Å². The molecule has 2 rings (SSSR count). The molecule has 0 saturated carbocycles. The van der Waals surface area contributed by atoms with Crippen molar-refractivity contribution in [2.24, 2.45) is 0 Å². The molecule has 20 heavy (non-hydrogen) atoms. The Labute approximate surface area is 121 Å². The molecule has 1 atom stereocenters. The van der Waals surface area contributed by atoms with E-state index in [1.807, 2.05) is 0 Å². The number of ether oxygens (including phenoxy) is 3. The van der Waals surface area contributed by atoms with Gasteiger partial charge in [0.1, 0.15) is 11.9 Å². The van der Waals surface area contributed by atoms with E-state index >= 15 is 0 Å². The Bertz CT molecular complexity index is 573. The van der Waals surface area contributed by atoms with Crippen LogP contribution in [-0.2, 0) is 9.47 Å². The van der Waals surface area contributed by atoms with E-state index in [4.69, 9.17) is 30.3 Å². The minimum atomic E-state index is -0.386. The van der Waals surface area contributed by atoms with E-state index in [0.29, 0.717) is 34.7 Å². The van der Waals surface area contributed by atoms with E-state index in [0.717, 1.165) is 0 Å². The number of methoxy groups -OCH3 is 3. The molecule has 2 aromatic rings. The highest BCUT2D eigenvalue weighted by atomic mass is 35.5. The number of hydrogen-bond donors (Lipinski definition) is 0. The van der Waals surface area contributed by atoms with Crippen molar-refractivity contribution in [2.45, 2.75) is 6.10 Å². The van der Waals surface area contributed by atoms with Crippen LogP contribution >= 0.6 is 11.6 Å². The van der Waals surface area contributed by atoms with E-state index in [2.05, 4.69) is 10.1 Å². The molecule has 1 heterocycles. The molecule has 0 saturated heterocycles. The molecule has 0 amide bonds. The van der Waals surface area contributed by atoms with Gasteiger partial charge in [0.15, 0.2) is 0 Å². The highest BCUT2D eigenvalue weighted by molar-refractivity contribution is 6.30. The molecule has 0 bridgehead atoms. The van der Waals surface area contributed by atoms with E-state index in [-0.39, 0.29) is 6.10 Å². The molecule has 0 aliphatic carbocycles. The molecule has 1 aromatic carbocycles. The van der Waals surface area contributed by atoms with Gasteiger partial charge >= 0.3 is 0 Å². The number of halogens is 1. The minimum absolute atomic E-state index is 0.317. The van der Waals surface area contributed by atoms with Crippen molar-refractivity contribution in [1.82, 2.24) is 10.1 Å². The topological polar surface area (TPSA) is 66.6 Å². The Morgan fingerprint density at radius 2 is 2.10 bits per heavy atom. The van der Waals surface area contributed by atoms with Gasteiger partial charge in [-0.1, -0.05) is 16.8 Å². The van der Waals surface area contributed by atoms with Gasteiger partial charge in [-0.15, -0.1) is 0 Å². The Morgan fingerprint density at radius 3 is 2.75 bits per heavy atom. The average Bonchev–Trinajstić information content (AvgIpc) is 2.94. The fourth-order valence-corrected chi connectivity index (χ4v) is 1.89. The summed E-state index contributed by atoms with van der Waals surface area (Å²) in [5.41, 5.74) is 0.631. The van der Waals surface area contributed by atoms with Crippen molar-refractivity contribution < 1.29 is 18.7 Å². The smallest absolute Gasteiger partial charge is 0.261 e. The minimum Gasteiger partial charge on any atom is -0.496 e. The van der Waals surface area contributed by atoms with Gasteiger partial charge in [-0.25, -0.2) is 0 Å². The number of aromatic nitrogens is 2. The van der Waals surface area contributed by atoms with Gasteiger partial charge in [0.05, 0.1) is 19.3 Å².